The fourth-order valence-corrected chi connectivity index (χ4v) is 5.30. The van der Waals surface area contributed by atoms with Gasteiger partial charge in [0.05, 0.1) is 19.0 Å². The molecule has 2 unspecified atom stereocenters. The Morgan fingerprint density at radius 2 is 2.24 bits per heavy atom. The number of nitrogens with one attached hydrogen (secondary N) is 1. The lowest BCUT2D eigenvalue weighted by atomic mass is 9.82. The number of nitrogens with two attached hydrogens (primary N) is 1. The number of ether oxygens (including phenoxy) is 2. The number of aromatic nitrogens is 2. The number of halogens is 2. The third kappa shape index (κ3) is 4.19. The summed E-state index contributed by atoms with van der Waals surface area (Å²) in [6.07, 6.45) is 3.49. The van der Waals surface area contributed by atoms with E-state index in [2.05, 4.69) is 25.0 Å². The molecule has 1 saturated heterocycles. The van der Waals surface area contributed by atoms with Gasteiger partial charge in [-0.1, -0.05) is 23.1 Å². The van der Waals surface area contributed by atoms with Gasteiger partial charge in [-0.2, -0.15) is 8.78 Å². The molecule has 0 aliphatic carbocycles. The minimum atomic E-state index is -2.95. The molecule has 12 heteroatoms. The maximum Gasteiger partial charge on any atom is 0.387 e. The van der Waals surface area contributed by atoms with Gasteiger partial charge in [0.2, 0.25) is 0 Å². The van der Waals surface area contributed by atoms with Gasteiger partial charge in [0.15, 0.2) is 5.17 Å². The summed E-state index contributed by atoms with van der Waals surface area (Å²) >= 11 is 2.84. The minimum absolute atomic E-state index is 0.0648. The number of hydrogen-bond donors (Lipinski definition) is 2. The van der Waals surface area contributed by atoms with Gasteiger partial charge in [0, 0.05) is 18.3 Å². The first kappa shape index (κ1) is 20.0. The van der Waals surface area contributed by atoms with Crippen LogP contribution in [0, 0.1) is 5.92 Å². The average Bonchev–Trinajstić information content (AvgIpc) is 3.17. The van der Waals surface area contributed by atoms with Gasteiger partial charge < -0.3 is 20.5 Å². The summed E-state index contributed by atoms with van der Waals surface area (Å²) in [6, 6.07) is 2.56. The number of amides is 1. The van der Waals surface area contributed by atoms with E-state index >= 15 is 0 Å². The summed E-state index contributed by atoms with van der Waals surface area (Å²) in [5.74, 6) is 0.494. The van der Waals surface area contributed by atoms with Crippen LogP contribution in [-0.2, 0) is 10.3 Å². The summed E-state index contributed by atoms with van der Waals surface area (Å²) in [4.78, 5) is 25.4. The number of fused-ring (bicyclic) bond motifs is 1. The molecule has 4 rings (SSSR count). The van der Waals surface area contributed by atoms with Crippen LogP contribution in [-0.4, -0.2) is 46.6 Å². The molecule has 154 valence electrons. The van der Waals surface area contributed by atoms with Crippen molar-refractivity contribution in [3.8, 4) is 5.75 Å². The molecule has 0 saturated carbocycles. The number of aliphatic imine (C=N–C) groups is 1. The Hall–Kier alpha value is -2.31. The van der Waals surface area contributed by atoms with E-state index in [1.165, 1.54) is 35.2 Å². The van der Waals surface area contributed by atoms with Crippen LogP contribution in [0.15, 0.2) is 29.5 Å². The summed E-state index contributed by atoms with van der Waals surface area (Å²) in [5.41, 5.74) is 5.40. The number of rotatable bonds is 5. The van der Waals surface area contributed by atoms with E-state index in [1.807, 2.05) is 0 Å². The van der Waals surface area contributed by atoms with Crippen molar-refractivity contribution >= 4 is 39.2 Å². The molecule has 1 fully saturated rings. The van der Waals surface area contributed by atoms with Gasteiger partial charge in [0.25, 0.3) is 5.91 Å². The third-order valence-corrected chi connectivity index (χ3v) is 6.69. The minimum Gasteiger partial charge on any atom is -0.433 e. The van der Waals surface area contributed by atoms with Gasteiger partial charge in [-0.15, -0.1) is 0 Å². The second kappa shape index (κ2) is 8.20. The number of thiazole rings is 1. The zero-order valence-electron chi connectivity index (χ0n) is 15.0. The van der Waals surface area contributed by atoms with Crippen LogP contribution in [0.4, 0.5) is 13.8 Å². The molecule has 8 nitrogen and oxygen atoms in total. The Balaban J connectivity index is 1.50. The molecule has 0 bridgehead atoms. The fraction of sp³-hybridized carbons (Fsp3) is 0.412. The highest BCUT2D eigenvalue weighted by Gasteiger charge is 2.47. The molecule has 3 N–H and O–H groups in total. The number of pyridine rings is 1. The number of anilines is 1. The van der Waals surface area contributed by atoms with E-state index < -0.39 is 18.1 Å². The lowest BCUT2D eigenvalue weighted by Crippen LogP contribution is -2.47. The maximum atomic E-state index is 12.4. The van der Waals surface area contributed by atoms with Gasteiger partial charge >= 0.3 is 6.61 Å². The second-order valence-electron chi connectivity index (χ2n) is 6.46. The smallest absolute Gasteiger partial charge is 0.387 e. The SMILES string of the molecule is NC1=NC2(c3ncc(NC(=O)c4ccc(OC(F)F)cn4)s3)COCCC2CS1. The van der Waals surface area contributed by atoms with Crippen LogP contribution in [0.3, 0.4) is 0 Å². The molecule has 2 aromatic heterocycles. The lowest BCUT2D eigenvalue weighted by Gasteiger charge is -2.41. The van der Waals surface area contributed by atoms with Crippen LogP contribution in [0.5, 0.6) is 5.75 Å². The molecule has 29 heavy (non-hydrogen) atoms. The molecule has 0 aromatic carbocycles. The predicted molar refractivity (Wildman–Crippen MR) is 106 cm³/mol. The highest BCUT2D eigenvalue weighted by Crippen LogP contribution is 2.46. The van der Waals surface area contributed by atoms with Crippen LogP contribution < -0.4 is 15.8 Å². The predicted octanol–water partition coefficient (Wildman–Crippen LogP) is 2.69. The third-order valence-electron chi connectivity index (χ3n) is 4.66. The zero-order valence-corrected chi connectivity index (χ0v) is 16.6. The summed E-state index contributed by atoms with van der Waals surface area (Å²) in [5, 5.41) is 4.47. The molecular weight excluding hydrogens is 424 g/mol. The summed E-state index contributed by atoms with van der Waals surface area (Å²) in [6.45, 7) is -1.88. The van der Waals surface area contributed by atoms with Crippen molar-refractivity contribution in [1.29, 1.82) is 0 Å². The van der Waals surface area contributed by atoms with E-state index in [9.17, 15) is 13.6 Å². The maximum absolute atomic E-state index is 12.4. The molecule has 2 aliphatic rings. The van der Waals surface area contributed by atoms with Crippen molar-refractivity contribution in [2.24, 2.45) is 16.6 Å². The van der Waals surface area contributed by atoms with Crippen molar-refractivity contribution in [2.45, 2.75) is 18.6 Å². The normalized spacial score (nSPS) is 24.0. The standard InChI is InChI=1S/C17H17F2N5O3S2/c18-15(19)27-10-1-2-11(21-5-10)13(25)23-12-6-22-14(29-12)17-8-26-4-3-9(17)7-28-16(20)24-17/h1-2,5-6,9,15H,3-4,7-8H2,(H2,20,24)(H,23,25). The summed E-state index contributed by atoms with van der Waals surface area (Å²) < 4.78 is 34.3. The lowest BCUT2D eigenvalue weighted by molar-refractivity contribution is -0.0500. The van der Waals surface area contributed by atoms with Gasteiger partial charge in [0.1, 0.15) is 27.0 Å². The number of nitrogens with zero attached hydrogens (tertiary/aromatic N) is 3. The molecule has 4 heterocycles. The highest BCUT2D eigenvalue weighted by atomic mass is 32.2. The number of alkyl halides is 2. The Bertz CT molecular complexity index is 924. The summed E-state index contributed by atoms with van der Waals surface area (Å²) in [7, 11) is 0. The first-order valence-electron chi connectivity index (χ1n) is 8.71. The van der Waals surface area contributed by atoms with Gasteiger partial charge in [-0.3, -0.25) is 4.79 Å². The Morgan fingerprint density at radius 1 is 1.38 bits per heavy atom. The molecular formula is C17H17F2N5O3S2. The van der Waals surface area contributed by atoms with Crippen molar-refractivity contribution in [1.82, 2.24) is 9.97 Å². The topological polar surface area (TPSA) is 112 Å². The Labute approximate surface area is 172 Å². The number of carbonyl (C=O) groups excluding carboxylic acids is 1. The fourth-order valence-electron chi connectivity index (χ4n) is 3.25. The first-order chi connectivity index (χ1) is 14.0. The van der Waals surface area contributed by atoms with E-state index in [4.69, 9.17) is 10.5 Å². The largest absolute Gasteiger partial charge is 0.433 e. The van der Waals surface area contributed by atoms with Crippen LogP contribution in [0.2, 0.25) is 0 Å². The quantitative estimate of drug-likeness (QED) is 0.734. The average molecular weight is 441 g/mol. The van der Waals surface area contributed by atoms with E-state index in [1.54, 1.807) is 6.20 Å². The number of hydrogen-bond acceptors (Lipinski definition) is 9. The Kier molecular flexibility index (Phi) is 5.65. The van der Waals surface area contributed by atoms with Crippen molar-refractivity contribution < 1.29 is 23.0 Å². The van der Waals surface area contributed by atoms with E-state index in [-0.39, 0.29) is 17.4 Å². The van der Waals surface area contributed by atoms with Gasteiger partial charge in [-0.25, -0.2) is 15.0 Å². The van der Waals surface area contributed by atoms with Gasteiger partial charge in [-0.05, 0) is 18.6 Å². The molecule has 2 atom stereocenters. The Morgan fingerprint density at radius 3 is 3.00 bits per heavy atom. The first-order valence-corrected chi connectivity index (χ1v) is 10.5. The molecule has 0 radical (unpaired) electrons. The van der Waals surface area contributed by atoms with E-state index in [0.717, 1.165) is 23.4 Å². The molecule has 1 amide bonds. The van der Waals surface area contributed by atoms with Crippen LogP contribution in [0.25, 0.3) is 0 Å². The monoisotopic (exact) mass is 441 g/mol. The van der Waals surface area contributed by atoms with Crippen LogP contribution >= 0.6 is 23.1 Å². The van der Waals surface area contributed by atoms with Crippen LogP contribution in [0.1, 0.15) is 21.9 Å². The van der Waals surface area contributed by atoms with Crippen molar-refractivity contribution in [3.05, 3.63) is 35.2 Å². The van der Waals surface area contributed by atoms with Crippen molar-refractivity contribution in [2.75, 3.05) is 24.3 Å². The van der Waals surface area contributed by atoms with Crippen molar-refractivity contribution in [3.63, 3.8) is 0 Å². The zero-order chi connectivity index (χ0) is 20.4. The second-order valence-corrected chi connectivity index (χ2v) is 8.54. The molecule has 2 aliphatic heterocycles. The molecule has 0 spiro atoms. The van der Waals surface area contributed by atoms with E-state index in [0.29, 0.717) is 23.4 Å². The number of amidine groups is 1. The highest BCUT2D eigenvalue weighted by molar-refractivity contribution is 8.13. The molecule has 2 aromatic rings. The number of thioether (sulfide) groups is 1. The number of carbonyl (C=O) groups is 1.